The second kappa shape index (κ2) is 5.45. The normalized spacial score (nSPS) is 12.3. The van der Waals surface area contributed by atoms with E-state index < -0.39 is 0 Å². The van der Waals surface area contributed by atoms with Crippen LogP contribution in [0.25, 0.3) is 0 Å². The summed E-state index contributed by atoms with van der Waals surface area (Å²) in [6.45, 7) is 6.20. The standard InChI is InChI=1S/C12H17BrN2/c1-8(2)6-12(15-14)10-5-4-9(3)11(13)7-10/h4-7,12,15H,14H2,1-3H3. The topological polar surface area (TPSA) is 38.0 Å². The molecule has 1 aromatic rings. The summed E-state index contributed by atoms with van der Waals surface area (Å²) in [6, 6.07) is 6.35. The highest BCUT2D eigenvalue weighted by Crippen LogP contribution is 2.22. The highest BCUT2D eigenvalue weighted by atomic mass is 79.9. The molecule has 0 heterocycles. The Labute approximate surface area is 99.7 Å². The van der Waals surface area contributed by atoms with E-state index in [1.807, 2.05) is 0 Å². The van der Waals surface area contributed by atoms with E-state index in [1.165, 1.54) is 11.1 Å². The van der Waals surface area contributed by atoms with E-state index in [2.05, 4.69) is 66.4 Å². The summed E-state index contributed by atoms with van der Waals surface area (Å²) in [5.74, 6) is 5.53. The fourth-order valence-corrected chi connectivity index (χ4v) is 1.77. The molecular formula is C12H17BrN2. The number of nitrogens with one attached hydrogen (secondary N) is 1. The van der Waals surface area contributed by atoms with Crippen LogP contribution in [0.2, 0.25) is 0 Å². The largest absolute Gasteiger partial charge is 0.271 e. The number of allylic oxidation sites excluding steroid dienone is 1. The molecule has 3 heteroatoms. The summed E-state index contributed by atoms with van der Waals surface area (Å²) in [5, 5.41) is 0. The monoisotopic (exact) mass is 268 g/mol. The molecule has 0 aromatic heterocycles. The number of hydrogen-bond donors (Lipinski definition) is 2. The van der Waals surface area contributed by atoms with E-state index in [4.69, 9.17) is 5.84 Å². The van der Waals surface area contributed by atoms with Crippen LogP contribution < -0.4 is 11.3 Å². The predicted octanol–water partition coefficient (Wildman–Crippen LogP) is 3.23. The first-order valence-electron chi connectivity index (χ1n) is 4.92. The fourth-order valence-electron chi connectivity index (χ4n) is 1.38. The van der Waals surface area contributed by atoms with Gasteiger partial charge in [0, 0.05) is 4.47 Å². The summed E-state index contributed by atoms with van der Waals surface area (Å²) in [5.41, 5.74) is 6.44. The predicted molar refractivity (Wildman–Crippen MR) is 68.4 cm³/mol. The van der Waals surface area contributed by atoms with Gasteiger partial charge in [-0.2, -0.15) is 0 Å². The van der Waals surface area contributed by atoms with Crippen molar-refractivity contribution in [3.63, 3.8) is 0 Å². The highest BCUT2D eigenvalue weighted by Gasteiger charge is 2.07. The minimum Gasteiger partial charge on any atom is -0.271 e. The SMILES string of the molecule is CC(C)=CC(NN)c1ccc(C)c(Br)c1. The summed E-state index contributed by atoms with van der Waals surface area (Å²) < 4.78 is 1.11. The van der Waals surface area contributed by atoms with Crippen LogP contribution in [0.1, 0.15) is 31.0 Å². The molecule has 15 heavy (non-hydrogen) atoms. The Hall–Kier alpha value is -0.640. The lowest BCUT2D eigenvalue weighted by atomic mass is 10.0. The number of nitrogens with two attached hydrogens (primary N) is 1. The molecule has 0 amide bonds. The molecule has 0 aliphatic carbocycles. The van der Waals surface area contributed by atoms with Gasteiger partial charge in [0.05, 0.1) is 6.04 Å². The van der Waals surface area contributed by atoms with Gasteiger partial charge in [0.25, 0.3) is 0 Å². The molecule has 0 radical (unpaired) electrons. The Kier molecular flexibility index (Phi) is 4.51. The third-order valence-electron chi connectivity index (χ3n) is 2.23. The number of rotatable bonds is 3. The van der Waals surface area contributed by atoms with Gasteiger partial charge in [-0.25, -0.2) is 5.43 Å². The molecule has 0 saturated carbocycles. The molecule has 0 saturated heterocycles. The molecule has 0 spiro atoms. The quantitative estimate of drug-likeness (QED) is 0.502. The Morgan fingerprint density at radius 2 is 2.13 bits per heavy atom. The lowest BCUT2D eigenvalue weighted by molar-refractivity contribution is 0.651. The van der Waals surface area contributed by atoms with Gasteiger partial charge in [0.15, 0.2) is 0 Å². The Balaban J connectivity index is 3.03. The average Bonchev–Trinajstić information content (AvgIpc) is 2.18. The average molecular weight is 269 g/mol. The first-order chi connectivity index (χ1) is 7.04. The van der Waals surface area contributed by atoms with Crippen molar-refractivity contribution in [3.05, 3.63) is 45.4 Å². The summed E-state index contributed by atoms with van der Waals surface area (Å²) >= 11 is 3.52. The molecule has 1 unspecified atom stereocenters. The van der Waals surface area contributed by atoms with Crippen molar-refractivity contribution in [3.8, 4) is 0 Å². The van der Waals surface area contributed by atoms with Gasteiger partial charge in [0.2, 0.25) is 0 Å². The summed E-state index contributed by atoms with van der Waals surface area (Å²) in [7, 11) is 0. The lowest BCUT2D eigenvalue weighted by Crippen LogP contribution is -2.26. The third-order valence-corrected chi connectivity index (χ3v) is 3.09. The minimum absolute atomic E-state index is 0.0758. The van der Waals surface area contributed by atoms with Gasteiger partial charge in [-0.1, -0.05) is 39.7 Å². The van der Waals surface area contributed by atoms with E-state index in [0.29, 0.717) is 0 Å². The molecule has 1 atom stereocenters. The smallest absolute Gasteiger partial charge is 0.0643 e. The Morgan fingerprint density at radius 3 is 2.60 bits per heavy atom. The van der Waals surface area contributed by atoms with Crippen molar-refractivity contribution in [2.24, 2.45) is 5.84 Å². The minimum atomic E-state index is 0.0758. The molecule has 1 aromatic carbocycles. The molecule has 1 rings (SSSR count). The summed E-state index contributed by atoms with van der Waals surface area (Å²) in [6.07, 6.45) is 2.11. The van der Waals surface area contributed by atoms with E-state index in [1.54, 1.807) is 0 Å². The second-order valence-electron chi connectivity index (χ2n) is 3.90. The van der Waals surface area contributed by atoms with E-state index in [0.717, 1.165) is 10.0 Å². The van der Waals surface area contributed by atoms with Gasteiger partial charge >= 0.3 is 0 Å². The number of hydrazine groups is 1. The van der Waals surface area contributed by atoms with E-state index in [9.17, 15) is 0 Å². The van der Waals surface area contributed by atoms with Crippen LogP contribution in [0.15, 0.2) is 34.3 Å². The molecule has 0 fully saturated rings. The third kappa shape index (κ3) is 3.45. The second-order valence-corrected chi connectivity index (χ2v) is 4.75. The van der Waals surface area contributed by atoms with Gasteiger partial charge in [-0.3, -0.25) is 5.84 Å². The van der Waals surface area contributed by atoms with Gasteiger partial charge in [-0.05, 0) is 38.0 Å². The number of hydrogen-bond acceptors (Lipinski definition) is 2. The molecule has 2 nitrogen and oxygen atoms in total. The maximum Gasteiger partial charge on any atom is 0.0643 e. The van der Waals surface area contributed by atoms with Crippen molar-refractivity contribution >= 4 is 15.9 Å². The molecular weight excluding hydrogens is 252 g/mol. The van der Waals surface area contributed by atoms with Crippen molar-refractivity contribution in [1.29, 1.82) is 0 Å². The molecule has 0 aliphatic rings. The fraction of sp³-hybridized carbons (Fsp3) is 0.333. The molecule has 0 aliphatic heterocycles. The zero-order valence-electron chi connectivity index (χ0n) is 9.34. The molecule has 0 bridgehead atoms. The first kappa shape index (κ1) is 12.4. The molecule has 82 valence electrons. The number of aryl methyl sites for hydroxylation is 1. The van der Waals surface area contributed by atoms with Crippen LogP contribution in [-0.2, 0) is 0 Å². The maximum atomic E-state index is 5.53. The van der Waals surface area contributed by atoms with Gasteiger partial charge in [-0.15, -0.1) is 0 Å². The van der Waals surface area contributed by atoms with Crippen LogP contribution in [0, 0.1) is 6.92 Å². The maximum absolute atomic E-state index is 5.53. The lowest BCUT2D eigenvalue weighted by Gasteiger charge is -2.14. The zero-order valence-corrected chi connectivity index (χ0v) is 10.9. The number of halogens is 1. The van der Waals surface area contributed by atoms with Crippen LogP contribution >= 0.6 is 15.9 Å². The van der Waals surface area contributed by atoms with Crippen molar-refractivity contribution in [1.82, 2.24) is 5.43 Å². The van der Waals surface area contributed by atoms with Crippen LogP contribution in [0.4, 0.5) is 0 Å². The van der Waals surface area contributed by atoms with Gasteiger partial charge < -0.3 is 0 Å². The van der Waals surface area contributed by atoms with Crippen molar-refractivity contribution in [2.45, 2.75) is 26.8 Å². The van der Waals surface area contributed by atoms with Crippen LogP contribution in [-0.4, -0.2) is 0 Å². The first-order valence-corrected chi connectivity index (χ1v) is 5.71. The van der Waals surface area contributed by atoms with Crippen molar-refractivity contribution < 1.29 is 0 Å². The van der Waals surface area contributed by atoms with Gasteiger partial charge in [0.1, 0.15) is 0 Å². The zero-order chi connectivity index (χ0) is 11.4. The Morgan fingerprint density at radius 1 is 1.47 bits per heavy atom. The molecule has 3 N–H and O–H groups in total. The van der Waals surface area contributed by atoms with Crippen LogP contribution in [0.5, 0.6) is 0 Å². The van der Waals surface area contributed by atoms with Crippen molar-refractivity contribution in [2.75, 3.05) is 0 Å². The number of benzene rings is 1. The van der Waals surface area contributed by atoms with Crippen LogP contribution in [0.3, 0.4) is 0 Å². The van der Waals surface area contributed by atoms with E-state index >= 15 is 0 Å². The summed E-state index contributed by atoms with van der Waals surface area (Å²) in [4.78, 5) is 0. The highest BCUT2D eigenvalue weighted by molar-refractivity contribution is 9.10. The Bertz CT molecular complexity index is 368. The van der Waals surface area contributed by atoms with E-state index in [-0.39, 0.29) is 6.04 Å².